The molecule has 1 aliphatic carbocycles. The summed E-state index contributed by atoms with van der Waals surface area (Å²) in [7, 11) is 0. The lowest BCUT2D eigenvalue weighted by atomic mass is 10.1. The van der Waals surface area contributed by atoms with Crippen molar-refractivity contribution in [3.05, 3.63) is 59.4 Å². The van der Waals surface area contributed by atoms with Crippen LogP contribution < -0.4 is 5.32 Å². The second kappa shape index (κ2) is 7.34. The van der Waals surface area contributed by atoms with Gasteiger partial charge in [-0.3, -0.25) is 4.79 Å². The molecule has 1 aromatic heterocycles. The summed E-state index contributed by atoms with van der Waals surface area (Å²) in [6.45, 7) is 1.81. The highest BCUT2D eigenvalue weighted by Gasteiger charge is 2.29. The van der Waals surface area contributed by atoms with E-state index in [4.69, 9.17) is 0 Å². The van der Waals surface area contributed by atoms with Gasteiger partial charge in [-0.25, -0.2) is 9.48 Å². The van der Waals surface area contributed by atoms with Gasteiger partial charge >= 0.3 is 5.97 Å². The van der Waals surface area contributed by atoms with E-state index in [0.717, 1.165) is 36.2 Å². The van der Waals surface area contributed by atoms with Crippen LogP contribution in [0.2, 0.25) is 0 Å². The van der Waals surface area contributed by atoms with Crippen molar-refractivity contribution in [2.75, 3.05) is 0 Å². The Labute approximate surface area is 146 Å². The number of amides is 1. The molecule has 6 nitrogen and oxygen atoms in total. The molecular formula is C19H21N3O3. The second-order valence-electron chi connectivity index (χ2n) is 6.04. The molecule has 0 saturated carbocycles. The van der Waals surface area contributed by atoms with Crippen molar-refractivity contribution < 1.29 is 14.7 Å². The Hall–Kier alpha value is -2.89. The monoisotopic (exact) mass is 339 g/mol. The van der Waals surface area contributed by atoms with Crippen molar-refractivity contribution in [3.8, 4) is 5.69 Å². The normalized spacial score (nSPS) is 14.4. The summed E-state index contributed by atoms with van der Waals surface area (Å²) in [6.07, 6.45) is 6.37. The van der Waals surface area contributed by atoms with Crippen molar-refractivity contribution in [1.29, 1.82) is 0 Å². The predicted molar refractivity (Wildman–Crippen MR) is 93.9 cm³/mol. The molecule has 0 bridgehead atoms. The van der Waals surface area contributed by atoms with E-state index < -0.39 is 17.9 Å². The number of rotatable bonds is 6. The van der Waals surface area contributed by atoms with E-state index in [-0.39, 0.29) is 6.42 Å². The van der Waals surface area contributed by atoms with Gasteiger partial charge < -0.3 is 10.4 Å². The quantitative estimate of drug-likeness (QED) is 0.792. The lowest BCUT2D eigenvalue weighted by Crippen LogP contribution is -2.40. The minimum atomic E-state index is -1.05. The molecule has 2 aromatic rings. The van der Waals surface area contributed by atoms with E-state index in [9.17, 15) is 14.7 Å². The molecule has 1 amide bonds. The maximum absolute atomic E-state index is 12.7. The van der Waals surface area contributed by atoms with Crippen LogP contribution in [0.25, 0.3) is 5.69 Å². The third-order valence-electron chi connectivity index (χ3n) is 4.36. The third-order valence-corrected chi connectivity index (χ3v) is 4.36. The first-order valence-corrected chi connectivity index (χ1v) is 8.42. The number of nitrogens with one attached hydrogen (secondary N) is 1. The lowest BCUT2D eigenvalue weighted by Gasteiger charge is -2.12. The van der Waals surface area contributed by atoms with Crippen molar-refractivity contribution >= 4 is 11.9 Å². The summed E-state index contributed by atoms with van der Waals surface area (Å²) in [5.41, 5.74) is 3.21. The lowest BCUT2D eigenvalue weighted by molar-refractivity contribution is -0.139. The highest BCUT2D eigenvalue weighted by molar-refractivity contribution is 5.96. The third kappa shape index (κ3) is 3.47. The van der Waals surface area contributed by atoms with Crippen LogP contribution in [0.5, 0.6) is 0 Å². The van der Waals surface area contributed by atoms with Gasteiger partial charge in [0.2, 0.25) is 0 Å². The fourth-order valence-electron chi connectivity index (χ4n) is 3.12. The van der Waals surface area contributed by atoms with Gasteiger partial charge in [-0.2, -0.15) is 5.10 Å². The van der Waals surface area contributed by atoms with Gasteiger partial charge in [-0.05, 0) is 44.7 Å². The number of carbonyl (C=O) groups excluding carboxylic acids is 1. The first-order valence-electron chi connectivity index (χ1n) is 8.42. The number of nitrogens with zero attached hydrogens (tertiary/aromatic N) is 2. The zero-order valence-corrected chi connectivity index (χ0v) is 14.1. The van der Waals surface area contributed by atoms with E-state index in [1.807, 2.05) is 37.3 Å². The Kier molecular flexibility index (Phi) is 4.97. The largest absolute Gasteiger partial charge is 0.480 e. The van der Waals surface area contributed by atoms with Crippen molar-refractivity contribution in [1.82, 2.24) is 15.1 Å². The molecule has 130 valence electrons. The predicted octanol–water partition coefficient (Wildman–Crippen LogP) is 2.51. The Morgan fingerprint density at radius 3 is 2.76 bits per heavy atom. The number of hydrogen-bond donors (Lipinski definition) is 2. The van der Waals surface area contributed by atoms with Crippen molar-refractivity contribution in [3.63, 3.8) is 0 Å². The summed E-state index contributed by atoms with van der Waals surface area (Å²) in [4.78, 5) is 24.0. The van der Waals surface area contributed by atoms with Crippen LogP contribution in [0.15, 0.2) is 42.5 Å². The topological polar surface area (TPSA) is 84.2 Å². The zero-order valence-electron chi connectivity index (χ0n) is 14.1. The van der Waals surface area contributed by atoms with Gasteiger partial charge in [0, 0.05) is 11.3 Å². The molecule has 0 saturated heterocycles. The van der Waals surface area contributed by atoms with Crippen molar-refractivity contribution in [2.45, 2.75) is 38.6 Å². The molecule has 25 heavy (non-hydrogen) atoms. The molecule has 1 unspecified atom stereocenters. The number of benzene rings is 1. The Bertz CT molecular complexity index is 809. The summed E-state index contributed by atoms with van der Waals surface area (Å²) in [5.74, 6) is -1.48. The average molecular weight is 339 g/mol. The highest BCUT2D eigenvalue weighted by atomic mass is 16.4. The number of aromatic nitrogens is 2. The first kappa shape index (κ1) is 17.0. The molecule has 0 aliphatic heterocycles. The number of para-hydroxylation sites is 1. The fraction of sp³-hybridized carbons (Fsp3) is 0.316. The standard InChI is InChI=1S/C19H21N3O3/c1-2-3-11-15(19(24)25)20-18(23)17-14-10-7-12-16(14)22(21-17)13-8-5-4-6-9-13/h2-6,8-9,15H,7,10-12H2,1H3,(H,20,23)(H,24,25)/b3-2+. The molecule has 6 heteroatoms. The van der Waals surface area contributed by atoms with Crippen LogP contribution in [0, 0.1) is 0 Å². The van der Waals surface area contributed by atoms with Crippen LogP contribution >= 0.6 is 0 Å². The Morgan fingerprint density at radius 2 is 2.08 bits per heavy atom. The number of allylic oxidation sites excluding steroid dienone is 1. The molecule has 3 rings (SSSR count). The van der Waals surface area contributed by atoms with Crippen LogP contribution in [0.1, 0.15) is 41.5 Å². The van der Waals surface area contributed by atoms with E-state index in [0.29, 0.717) is 5.69 Å². The fourth-order valence-corrected chi connectivity index (χ4v) is 3.12. The smallest absolute Gasteiger partial charge is 0.326 e. The minimum Gasteiger partial charge on any atom is -0.480 e. The molecule has 0 radical (unpaired) electrons. The summed E-state index contributed by atoms with van der Waals surface area (Å²) in [5, 5.41) is 16.4. The summed E-state index contributed by atoms with van der Waals surface area (Å²) < 4.78 is 1.80. The first-order chi connectivity index (χ1) is 12.1. The van der Waals surface area contributed by atoms with E-state index in [1.54, 1.807) is 16.8 Å². The molecule has 1 heterocycles. The summed E-state index contributed by atoms with van der Waals surface area (Å²) >= 11 is 0. The van der Waals surface area contributed by atoms with Crippen molar-refractivity contribution in [2.24, 2.45) is 0 Å². The number of hydrogen-bond acceptors (Lipinski definition) is 3. The maximum atomic E-state index is 12.7. The maximum Gasteiger partial charge on any atom is 0.326 e. The highest BCUT2D eigenvalue weighted by Crippen LogP contribution is 2.27. The van der Waals surface area contributed by atoms with Gasteiger partial charge in [-0.15, -0.1) is 0 Å². The van der Waals surface area contributed by atoms with Gasteiger partial charge in [0.25, 0.3) is 5.91 Å². The number of carboxylic acid groups (broad SMARTS) is 1. The van der Waals surface area contributed by atoms with Gasteiger partial charge in [0.1, 0.15) is 6.04 Å². The SMILES string of the molecule is C/C=C/CC(NC(=O)c1nn(-c2ccccc2)c2c1CCC2)C(=O)O. The van der Waals surface area contributed by atoms with Gasteiger partial charge in [0.15, 0.2) is 5.69 Å². The number of carboxylic acids is 1. The molecular weight excluding hydrogens is 318 g/mol. The Morgan fingerprint density at radius 1 is 1.32 bits per heavy atom. The molecule has 0 fully saturated rings. The van der Waals surface area contributed by atoms with Crippen LogP contribution in [0.4, 0.5) is 0 Å². The second-order valence-corrected chi connectivity index (χ2v) is 6.04. The molecule has 2 N–H and O–H groups in total. The molecule has 1 atom stereocenters. The van der Waals surface area contributed by atoms with Crippen LogP contribution in [0.3, 0.4) is 0 Å². The number of aliphatic carboxylic acids is 1. The van der Waals surface area contributed by atoms with E-state index in [1.165, 1.54) is 0 Å². The molecule has 1 aliphatic rings. The minimum absolute atomic E-state index is 0.249. The molecule has 0 spiro atoms. The van der Waals surface area contributed by atoms with Gasteiger partial charge in [-0.1, -0.05) is 30.4 Å². The van der Waals surface area contributed by atoms with Crippen LogP contribution in [-0.2, 0) is 17.6 Å². The van der Waals surface area contributed by atoms with Gasteiger partial charge in [0.05, 0.1) is 5.69 Å². The van der Waals surface area contributed by atoms with E-state index in [2.05, 4.69) is 10.4 Å². The van der Waals surface area contributed by atoms with E-state index >= 15 is 0 Å². The average Bonchev–Trinajstić information content (AvgIpc) is 3.21. The Balaban J connectivity index is 1.90. The number of carbonyl (C=O) groups is 2. The molecule has 1 aromatic carbocycles. The number of fused-ring (bicyclic) bond motifs is 1. The van der Waals surface area contributed by atoms with Crippen LogP contribution in [-0.4, -0.2) is 32.8 Å². The zero-order chi connectivity index (χ0) is 17.8. The summed E-state index contributed by atoms with van der Waals surface area (Å²) in [6, 6.07) is 8.71.